The molecule has 0 spiro atoms. The maximum atomic E-state index is 11.2. The molecule has 1 aromatic carbocycles. The number of aromatic nitrogens is 2. The zero-order chi connectivity index (χ0) is 13.3. The summed E-state index contributed by atoms with van der Waals surface area (Å²) in [6.07, 6.45) is 0. The zero-order valence-electron chi connectivity index (χ0n) is 9.85. The Labute approximate surface area is 117 Å². The molecular weight excluding hydrogens is 316 g/mol. The molecule has 0 amide bonds. The van der Waals surface area contributed by atoms with Gasteiger partial charge in [0.25, 0.3) is 0 Å². The highest BCUT2D eigenvalue weighted by Crippen LogP contribution is 2.32. The molecule has 2 aromatic rings. The van der Waals surface area contributed by atoms with Crippen molar-refractivity contribution in [1.29, 1.82) is 0 Å². The minimum absolute atomic E-state index is 0.285. The zero-order valence-corrected chi connectivity index (χ0v) is 12.2. The van der Waals surface area contributed by atoms with Crippen LogP contribution in [0.5, 0.6) is 0 Å². The SMILES string of the molecule is Cc1cc(Sc2ccc(Br)cc2C(=O)O)n(C)n1. The van der Waals surface area contributed by atoms with E-state index >= 15 is 0 Å². The number of halogens is 1. The fraction of sp³-hybridized carbons (Fsp3) is 0.167. The Morgan fingerprint density at radius 1 is 1.44 bits per heavy atom. The van der Waals surface area contributed by atoms with Gasteiger partial charge in [0.05, 0.1) is 16.3 Å². The Balaban J connectivity index is 2.40. The molecule has 0 unspecified atom stereocenters. The third kappa shape index (κ3) is 2.76. The van der Waals surface area contributed by atoms with Crippen LogP contribution in [0.2, 0.25) is 0 Å². The first-order valence-electron chi connectivity index (χ1n) is 5.18. The summed E-state index contributed by atoms with van der Waals surface area (Å²) in [5.41, 5.74) is 1.20. The molecule has 0 saturated carbocycles. The van der Waals surface area contributed by atoms with Gasteiger partial charge in [0.15, 0.2) is 0 Å². The second-order valence-electron chi connectivity index (χ2n) is 3.80. The van der Waals surface area contributed by atoms with E-state index in [0.717, 1.165) is 15.2 Å². The summed E-state index contributed by atoms with van der Waals surface area (Å²) >= 11 is 4.68. The molecule has 1 heterocycles. The number of hydrogen-bond acceptors (Lipinski definition) is 3. The Kier molecular flexibility index (Phi) is 3.77. The summed E-state index contributed by atoms with van der Waals surface area (Å²) in [5, 5.41) is 14.3. The van der Waals surface area contributed by atoms with Gasteiger partial charge in [-0.1, -0.05) is 27.7 Å². The lowest BCUT2D eigenvalue weighted by molar-refractivity contribution is 0.0693. The first-order chi connectivity index (χ1) is 8.47. The van der Waals surface area contributed by atoms with Crippen LogP contribution in [-0.2, 0) is 7.05 Å². The van der Waals surface area contributed by atoms with Crippen LogP contribution < -0.4 is 0 Å². The molecule has 18 heavy (non-hydrogen) atoms. The van der Waals surface area contributed by atoms with E-state index in [-0.39, 0.29) is 5.56 Å². The largest absolute Gasteiger partial charge is 0.478 e. The van der Waals surface area contributed by atoms with E-state index in [1.165, 1.54) is 11.8 Å². The van der Waals surface area contributed by atoms with Gasteiger partial charge in [-0.2, -0.15) is 5.10 Å². The minimum Gasteiger partial charge on any atom is -0.478 e. The van der Waals surface area contributed by atoms with E-state index < -0.39 is 5.97 Å². The van der Waals surface area contributed by atoms with Crippen molar-refractivity contribution in [3.05, 3.63) is 40.0 Å². The van der Waals surface area contributed by atoms with E-state index in [9.17, 15) is 9.90 Å². The van der Waals surface area contributed by atoms with E-state index in [0.29, 0.717) is 4.90 Å². The van der Waals surface area contributed by atoms with Crippen LogP contribution in [0.4, 0.5) is 0 Å². The molecular formula is C12H11BrN2O2S. The smallest absolute Gasteiger partial charge is 0.336 e. The van der Waals surface area contributed by atoms with Crippen molar-refractivity contribution in [2.45, 2.75) is 16.8 Å². The molecule has 94 valence electrons. The van der Waals surface area contributed by atoms with Crippen molar-refractivity contribution in [3.8, 4) is 0 Å². The average Bonchev–Trinajstić information content (AvgIpc) is 2.60. The van der Waals surface area contributed by atoms with Crippen molar-refractivity contribution in [3.63, 3.8) is 0 Å². The van der Waals surface area contributed by atoms with Crippen LogP contribution in [0, 0.1) is 6.92 Å². The number of carbonyl (C=O) groups is 1. The van der Waals surface area contributed by atoms with Gasteiger partial charge in [-0.3, -0.25) is 4.68 Å². The molecule has 1 aromatic heterocycles. The van der Waals surface area contributed by atoms with Crippen LogP contribution in [0.3, 0.4) is 0 Å². The highest BCUT2D eigenvalue weighted by atomic mass is 79.9. The molecule has 4 nitrogen and oxygen atoms in total. The van der Waals surface area contributed by atoms with Gasteiger partial charge < -0.3 is 5.11 Å². The van der Waals surface area contributed by atoms with E-state index in [1.54, 1.807) is 16.8 Å². The second-order valence-corrected chi connectivity index (χ2v) is 5.77. The normalized spacial score (nSPS) is 10.6. The van der Waals surface area contributed by atoms with E-state index in [4.69, 9.17) is 0 Å². The number of carboxylic acids is 1. The Morgan fingerprint density at radius 2 is 2.17 bits per heavy atom. The van der Waals surface area contributed by atoms with Gasteiger partial charge in [-0.25, -0.2) is 4.79 Å². The van der Waals surface area contributed by atoms with Crippen LogP contribution in [0.1, 0.15) is 16.1 Å². The van der Waals surface area contributed by atoms with Gasteiger partial charge in [0.1, 0.15) is 0 Å². The third-order valence-corrected chi connectivity index (χ3v) is 4.01. The summed E-state index contributed by atoms with van der Waals surface area (Å²) in [4.78, 5) is 11.9. The molecule has 0 saturated heterocycles. The number of carboxylic acid groups (broad SMARTS) is 1. The summed E-state index contributed by atoms with van der Waals surface area (Å²) in [6, 6.07) is 7.16. The summed E-state index contributed by atoms with van der Waals surface area (Å²) in [7, 11) is 1.84. The van der Waals surface area contributed by atoms with Crippen LogP contribution in [0.15, 0.2) is 38.7 Å². The highest BCUT2D eigenvalue weighted by Gasteiger charge is 2.13. The second kappa shape index (κ2) is 5.16. The number of aromatic carboxylic acids is 1. The number of hydrogen-bond donors (Lipinski definition) is 1. The quantitative estimate of drug-likeness (QED) is 0.939. The van der Waals surface area contributed by atoms with Crippen LogP contribution >= 0.6 is 27.7 Å². The lowest BCUT2D eigenvalue weighted by atomic mass is 10.2. The highest BCUT2D eigenvalue weighted by molar-refractivity contribution is 9.10. The number of aryl methyl sites for hydroxylation is 2. The minimum atomic E-state index is -0.933. The van der Waals surface area contributed by atoms with Crippen LogP contribution in [-0.4, -0.2) is 20.9 Å². The molecule has 2 rings (SSSR count). The molecule has 0 aliphatic heterocycles. The lowest BCUT2D eigenvalue weighted by Gasteiger charge is -2.06. The first kappa shape index (κ1) is 13.2. The average molecular weight is 327 g/mol. The molecule has 0 fully saturated rings. The fourth-order valence-electron chi connectivity index (χ4n) is 1.55. The first-order valence-corrected chi connectivity index (χ1v) is 6.79. The Morgan fingerprint density at radius 3 is 2.72 bits per heavy atom. The third-order valence-electron chi connectivity index (χ3n) is 2.35. The van der Waals surface area contributed by atoms with E-state index in [1.807, 2.05) is 26.1 Å². The number of nitrogens with zero attached hydrogens (tertiary/aromatic N) is 2. The molecule has 0 aliphatic carbocycles. The Bertz CT molecular complexity index is 610. The topological polar surface area (TPSA) is 55.1 Å². The fourth-order valence-corrected chi connectivity index (χ4v) is 2.93. The summed E-state index contributed by atoms with van der Waals surface area (Å²) in [5.74, 6) is -0.933. The standard InChI is InChI=1S/C12H11BrN2O2S/c1-7-5-11(15(2)14-7)18-10-4-3-8(13)6-9(10)12(16)17/h3-6H,1-2H3,(H,16,17). The monoisotopic (exact) mass is 326 g/mol. The van der Waals surface area contributed by atoms with Crippen molar-refractivity contribution < 1.29 is 9.90 Å². The molecule has 0 aliphatic rings. The predicted molar refractivity (Wildman–Crippen MR) is 73.2 cm³/mol. The summed E-state index contributed by atoms with van der Waals surface area (Å²) in [6.45, 7) is 1.91. The van der Waals surface area contributed by atoms with Crippen molar-refractivity contribution in [1.82, 2.24) is 9.78 Å². The van der Waals surface area contributed by atoms with Gasteiger partial charge in [-0.05, 0) is 31.2 Å². The number of benzene rings is 1. The van der Waals surface area contributed by atoms with Gasteiger partial charge in [0, 0.05) is 16.4 Å². The van der Waals surface area contributed by atoms with E-state index in [2.05, 4.69) is 21.0 Å². The maximum Gasteiger partial charge on any atom is 0.336 e. The molecule has 0 atom stereocenters. The molecule has 1 N–H and O–H groups in total. The van der Waals surface area contributed by atoms with Crippen molar-refractivity contribution >= 4 is 33.7 Å². The van der Waals surface area contributed by atoms with Gasteiger partial charge in [0.2, 0.25) is 0 Å². The molecule has 0 radical (unpaired) electrons. The Hall–Kier alpha value is -1.27. The maximum absolute atomic E-state index is 11.2. The summed E-state index contributed by atoms with van der Waals surface area (Å²) < 4.78 is 2.50. The molecule has 0 bridgehead atoms. The lowest BCUT2D eigenvalue weighted by Crippen LogP contribution is -1.99. The predicted octanol–water partition coefficient (Wildman–Crippen LogP) is 3.34. The molecule has 6 heteroatoms. The van der Waals surface area contributed by atoms with Gasteiger partial charge >= 0.3 is 5.97 Å². The van der Waals surface area contributed by atoms with Gasteiger partial charge in [-0.15, -0.1) is 0 Å². The van der Waals surface area contributed by atoms with Crippen molar-refractivity contribution in [2.75, 3.05) is 0 Å². The van der Waals surface area contributed by atoms with Crippen molar-refractivity contribution in [2.24, 2.45) is 7.05 Å². The number of rotatable bonds is 3. The van der Waals surface area contributed by atoms with Crippen LogP contribution in [0.25, 0.3) is 0 Å².